The molecule has 0 aliphatic rings. The summed E-state index contributed by atoms with van der Waals surface area (Å²) in [7, 11) is 0. The zero-order chi connectivity index (χ0) is 35.9. The van der Waals surface area contributed by atoms with Crippen LogP contribution in [0.15, 0.2) is 0 Å². The van der Waals surface area contributed by atoms with Gasteiger partial charge in [-0.1, -0.05) is 201 Å². The Balaban J connectivity index is 4.25. The summed E-state index contributed by atoms with van der Waals surface area (Å²) in [5.74, 6) is -0.863. The molecule has 0 aromatic rings. The molecule has 6 nitrogen and oxygen atoms in total. The molecule has 0 radical (unpaired) electrons. The van der Waals surface area contributed by atoms with Gasteiger partial charge in [-0.15, -0.1) is 0 Å². The Morgan fingerprint density at radius 2 is 0.551 bits per heavy atom. The summed E-state index contributed by atoms with van der Waals surface area (Å²) in [4.78, 5) is 37.4. The molecule has 0 spiro atoms. The van der Waals surface area contributed by atoms with Gasteiger partial charge in [0.1, 0.15) is 13.2 Å². The van der Waals surface area contributed by atoms with Crippen LogP contribution in [0, 0.1) is 0 Å². The standard InChI is InChI=1S/C43H82O6/c1-4-7-10-13-16-18-20-21-23-25-28-30-33-36-42(45)48-39-40(49-43(46)37-34-31-26-15-12-9-6-3)38-47-41(44)35-32-29-27-24-22-19-17-14-11-8-5-2/h40H,4-39H2,1-3H3/t40-/m1/s1. The van der Waals surface area contributed by atoms with Crippen molar-refractivity contribution < 1.29 is 28.6 Å². The molecule has 0 bridgehead atoms. The molecule has 0 rings (SSSR count). The van der Waals surface area contributed by atoms with E-state index in [-0.39, 0.29) is 31.1 Å². The van der Waals surface area contributed by atoms with Crippen LogP contribution in [0.4, 0.5) is 0 Å². The lowest BCUT2D eigenvalue weighted by atomic mass is 10.0. The van der Waals surface area contributed by atoms with E-state index in [4.69, 9.17) is 14.2 Å². The number of hydrogen-bond acceptors (Lipinski definition) is 6. The van der Waals surface area contributed by atoms with Crippen molar-refractivity contribution in [3.63, 3.8) is 0 Å². The molecule has 0 aromatic carbocycles. The number of unbranched alkanes of at least 4 members (excludes halogenated alkanes) is 28. The van der Waals surface area contributed by atoms with Crippen LogP contribution in [0.3, 0.4) is 0 Å². The number of hydrogen-bond donors (Lipinski definition) is 0. The summed E-state index contributed by atoms with van der Waals surface area (Å²) in [6, 6.07) is 0. The minimum absolute atomic E-state index is 0.0637. The molecule has 0 aliphatic carbocycles. The number of ether oxygens (including phenoxy) is 3. The number of carbonyl (C=O) groups excluding carboxylic acids is 3. The second kappa shape index (κ2) is 39.2. The van der Waals surface area contributed by atoms with E-state index in [0.29, 0.717) is 19.3 Å². The molecular formula is C43H82O6. The average molecular weight is 695 g/mol. The Morgan fingerprint density at radius 3 is 0.816 bits per heavy atom. The van der Waals surface area contributed by atoms with Gasteiger partial charge in [-0.25, -0.2) is 0 Å². The van der Waals surface area contributed by atoms with E-state index in [1.54, 1.807) is 0 Å². The fourth-order valence-corrected chi connectivity index (χ4v) is 6.32. The molecule has 0 saturated carbocycles. The first kappa shape index (κ1) is 47.4. The zero-order valence-electron chi connectivity index (χ0n) is 33.0. The highest BCUT2D eigenvalue weighted by Gasteiger charge is 2.19. The largest absolute Gasteiger partial charge is 0.462 e. The smallest absolute Gasteiger partial charge is 0.306 e. The van der Waals surface area contributed by atoms with Crippen molar-refractivity contribution >= 4 is 17.9 Å². The summed E-state index contributed by atoms with van der Waals surface area (Å²) in [5, 5.41) is 0. The first-order valence-corrected chi connectivity index (χ1v) is 21.5. The molecule has 290 valence electrons. The Hall–Kier alpha value is -1.59. The first-order chi connectivity index (χ1) is 24.0. The SMILES string of the molecule is CCCCCCCCCCCCCCCC(=O)OC[C@@H](COC(=O)CCCCCCCCCCCCC)OC(=O)CCCCCCCCC. The van der Waals surface area contributed by atoms with Gasteiger partial charge >= 0.3 is 17.9 Å². The van der Waals surface area contributed by atoms with Crippen molar-refractivity contribution in [2.75, 3.05) is 13.2 Å². The molecule has 0 saturated heterocycles. The van der Waals surface area contributed by atoms with Crippen LogP contribution in [0.2, 0.25) is 0 Å². The Kier molecular flexibility index (Phi) is 37.9. The van der Waals surface area contributed by atoms with Crippen LogP contribution in [-0.2, 0) is 28.6 Å². The highest BCUT2D eigenvalue weighted by Crippen LogP contribution is 2.15. The molecule has 0 aliphatic heterocycles. The highest BCUT2D eigenvalue weighted by molar-refractivity contribution is 5.71. The average Bonchev–Trinajstić information content (AvgIpc) is 3.10. The Morgan fingerprint density at radius 1 is 0.327 bits per heavy atom. The van der Waals surface area contributed by atoms with Crippen LogP contribution in [0.25, 0.3) is 0 Å². The molecule has 1 atom stereocenters. The second-order valence-electron chi connectivity index (χ2n) is 14.6. The molecule has 0 unspecified atom stereocenters. The molecule has 49 heavy (non-hydrogen) atoms. The normalized spacial score (nSPS) is 11.8. The molecule has 0 fully saturated rings. The molecular weight excluding hydrogens is 612 g/mol. The fraction of sp³-hybridized carbons (Fsp3) is 0.930. The van der Waals surface area contributed by atoms with Gasteiger partial charge in [-0.05, 0) is 19.3 Å². The lowest BCUT2D eigenvalue weighted by molar-refractivity contribution is -0.167. The summed E-state index contributed by atoms with van der Waals surface area (Å²) < 4.78 is 16.6. The van der Waals surface area contributed by atoms with E-state index in [1.165, 1.54) is 141 Å². The van der Waals surface area contributed by atoms with Gasteiger partial charge in [-0.2, -0.15) is 0 Å². The maximum absolute atomic E-state index is 12.6. The van der Waals surface area contributed by atoms with Gasteiger partial charge in [0, 0.05) is 19.3 Å². The predicted octanol–water partition coefficient (Wildman–Crippen LogP) is 13.3. The predicted molar refractivity (Wildman–Crippen MR) is 206 cm³/mol. The Labute approximate surface area is 304 Å². The summed E-state index contributed by atoms with van der Waals surface area (Å²) in [6.45, 7) is 6.59. The third kappa shape index (κ3) is 37.5. The van der Waals surface area contributed by atoms with E-state index in [1.807, 2.05) is 0 Å². The van der Waals surface area contributed by atoms with E-state index in [2.05, 4.69) is 20.8 Å². The van der Waals surface area contributed by atoms with Crippen molar-refractivity contribution in [3.8, 4) is 0 Å². The number of rotatable bonds is 39. The van der Waals surface area contributed by atoms with Gasteiger partial charge in [0.05, 0.1) is 0 Å². The quantitative estimate of drug-likeness (QED) is 0.0362. The summed E-state index contributed by atoms with van der Waals surface area (Å²) in [6.07, 6.45) is 38.0. The fourth-order valence-electron chi connectivity index (χ4n) is 6.32. The maximum atomic E-state index is 12.6. The van der Waals surface area contributed by atoms with Crippen molar-refractivity contribution in [2.24, 2.45) is 0 Å². The lowest BCUT2D eigenvalue weighted by Crippen LogP contribution is -2.30. The number of esters is 3. The second-order valence-corrected chi connectivity index (χ2v) is 14.6. The van der Waals surface area contributed by atoms with E-state index < -0.39 is 6.10 Å². The van der Waals surface area contributed by atoms with E-state index >= 15 is 0 Å². The molecule has 0 aromatic heterocycles. The van der Waals surface area contributed by atoms with Gasteiger partial charge in [0.25, 0.3) is 0 Å². The van der Waals surface area contributed by atoms with Crippen LogP contribution in [0.5, 0.6) is 0 Å². The first-order valence-electron chi connectivity index (χ1n) is 21.5. The number of carbonyl (C=O) groups is 3. The van der Waals surface area contributed by atoms with Gasteiger partial charge in [-0.3, -0.25) is 14.4 Å². The Bertz CT molecular complexity index is 723. The van der Waals surface area contributed by atoms with Gasteiger partial charge < -0.3 is 14.2 Å². The van der Waals surface area contributed by atoms with Gasteiger partial charge in [0.15, 0.2) is 6.10 Å². The van der Waals surface area contributed by atoms with Crippen molar-refractivity contribution in [3.05, 3.63) is 0 Å². The van der Waals surface area contributed by atoms with Gasteiger partial charge in [0.2, 0.25) is 0 Å². The monoisotopic (exact) mass is 695 g/mol. The third-order valence-electron chi connectivity index (χ3n) is 9.61. The summed E-state index contributed by atoms with van der Waals surface area (Å²) >= 11 is 0. The summed E-state index contributed by atoms with van der Waals surface area (Å²) in [5.41, 5.74) is 0. The maximum Gasteiger partial charge on any atom is 0.306 e. The van der Waals surface area contributed by atoms with Crippen LogP contribution in [0.1, 0.15) is 239 Å². The molecule has 0 heterocycles. The van der Waals surface area contributed by atoms with E-state index in [9.17, 15) is 14.4 Å². The van der Waals surface area contributed by atoms with Crippen LogP contribution < -0.4 is 0 Å². The zero-order valence-corrected chi connectivity index (χ0v) is 33.0. The van der Waals surface area contributed by atoms with Crippen molar-refractivity contribution in [1.29, 1.82) is 0 Å². The minimum Gasteiger partial charge on any atom is -0.462 e. The topological polar surface area (TPSA) is 78.9 Å². The highest BCUT2D eigenvalue weighted by atomic mass is 16.6. The van der Waals surface area contributed by atoms with E-state index in [0.717, 1.165) is 57.8 Å². The van der Waals surface area contributed by atoms with Crippen molar-refractivity contribution in [2.45, 2.75) is 245 Å². The van der Waals surface area contributed by atoms with Crippen molar-refractivity contribution in [1.82, 2.24) is 0 Å². The van der Waals surface area contributed by atoms with Crippen LogP contribution >= 0.6 is 0 Å². The van der Waals surface area contributed by atoms with Crippen LogP contribution in [-0.4, -0.2) is 37.2 Å². The lowest BCUT2D eigenvalue weighted by Gasteiger charge is -2.18. The molecule has 6 heteroatoms. The molecule has 0 N–H and O–H groups in total. The third-order valence-corrected chi connectivity index (χ3v) is 9.61. The molecule has 0 amide bonds. The minimum atomic E-state index is -0.756.